The monoisotopic (exact) mass is 690 g/mol. The maximum atomic E-state index is 14.6. The van der Waals surface area contributed by atoms with Gasteiger partial charge in [-0.3, -0.25) is 14.4 Å². The van der Waals surface area contributed by atoms with Gasteiger partial charge in [-0.25, -0.2) is 9.59 Å². The van der Waals surface area contributed by atoms with E-state index in [1.165, 1.54) is 4.90 Å². The van der Waals surface area contributed by atoms with E-state index in [9.17, 15) is 24.0 Å². The SMILES string of the molecule is C#Cc1ccccc1C(C(=O)NC(Cc1ccccc1)C(=O)OC(C)(C)C)N(CCCCCC)C(=O)C(CCC(N)=O)NC(=O)OC(C)(C)C. The van der Waals surface area contributed by atoms with Gasteiger partial charge in [0.1, 0.15) is 29.3 Å². The molecule has 3 atom stereocenters. The van der Waals surface area contributed by atoms with Crippen molar-refractivity contribution in [1.29, 1.82) is 0 Å². The molecule has 50 heavy (non-hydrogen) atoms. The molecule has 11 nitrogen and oxygen atoms in total. The molecular formula is C39H54N4O7. The molecule has 0 radical (unpaired) electrons. The van der Waals surface area contributed by atoms with Crippen molar-refractivity contribution in [3.05, 3.63) is 71.3 Å². The summed E-state index contributed by atoms with van der Waals surface area (Å²) in [6, 6.07) is 12.2. The van der Waals surface area contributed by atoms with Crippen LogP contribution in [0.15, 0.2) is 54.6 Å². The lowest BCUT2D eigenvalue weighted by molar-refractivity contribution is -0.159. The van der Waals surface area contributed by atoms with Crippen LogP contribution in [0, 0.1) is 12.3 Å². The molecular weight excluding hydrogens is 636 g/mol. The third-order valence-corrected chi connectivity index (χ3v) is 7.47. The van der Waals surface area contributed by atoms with Crippen molar-refractivity contribution in [3.63, 3.8) is 0 Å². The Morgan fingerprint density at radius 1 is 0.840 bits per heavy atom. The van der Waals surface area contributed by atoms with Crippen LogP contribution in [-0.4, -0.2) is 64.5 Å². The maximum Gasteiger partial charge on any atom is 0.408 e. The fourth-order valence-electron chi connectivity index (χ4n) is 5.25. The van der Waals surface area contributed by atoms with Crippen molar-refractivity contribution in [3.8, 4) is 12.3 Å². The fourth-order valence-corrected chi connectivity index (χ4v) is 5.25. The highest BCUT2D eigenvalue weighted by atomic mass is 16.6. The molecule has 272 valence electrons. The minimum atomic E-state index is -1.33. The summed E-state index contributed by atoms with van der Waals surface area (Å²) in [5, 5.41) is 5.47. The number of nitrogens with zero attached hydrogens (tertiary/aromatic N) is 1. The summed E-state index contributed by atoms with van der Waals surface area (Å²) >= 11 is 0. The number of hydrogen-bond donors (Lipinski definition) is 3. The number of nitrogens with one attached hydrogen (secondary N) is 2. The molecule has 2 aromatic carbocycles. The Morgan fingerprint density at radius 2 is 1.46 bits per heavy atom. The van der Waals surface area contributed by atoms with Crippen LogP contribution in [-0.2, 0) is 35.1 Å². The zero-order chi connectivity index (χ0) is 37.5. The third kappa shape index (κ3) is 14.3. The average molecular weight is 691 g/mol. The lowest BCUT2D eigenvalue weighted by Crippen LogP contribution is -2.55. The highest BCUT2D eigenvalue weighted by molar-refractivity contribution is 5.94. The van der Waals surface area contributed by atoms with Gasteiger partial charge in [0, 0.05) is 24.9 Å². The first-order valence-corrected chi connectivity index (χ1v) is 17.2. The number of nitrogens with two attached hydrogens (primary N) is 1. The average Bonchev–Trinajstić information content (AvgIpc) is 3.02. The van der Waals surface area contributed by atoms with Crippen LogP contribution in [0.4, 0.5) is 4.79 Å². The smallest absolute Gasteiger partial charge is 0.408 e. The van der Waals surface area contributed by atoms with Gasteiger partial charge in [0.2, 0.25) is 17.7 Å². The predicted molar refractivity (Wildman–Crippen MR) is 192 cm³/mol. The molecule has 0 aliphatic heterocycles. The summed E-state index contributed by atoms with van der Waals surface area (Å²) in [5.41, 5.74) is 5.24. The summed E-state index contributed by atoms with van der Waals surface area (Å²) < 4.78 is 11.1. The van der Waals surface area contributed by atoms with Crippen molar-refractivity contribution >= 4 is 29.8 Å². The minimum Gasteiger partial charge on any atom is -0.458 e. The fraction of sp³-hybridized carbons (Fsp3) is 0.513. The molecule has 11 heteroatoms. The van der Waals surface area contributed by atoms with E-state index in [-0.39, 0.29) is 25.8 Å². The van der Waals surface area contributed by atoms with E-state index in [4.69, 9.17) is 21.6 Å². The van der Waals surface area contributed by atoms with Crippen molar-refractivity contribution in [2.75, 3.05) is 6.54 Å². The predicted octanol–water partition coefficient (Wildman–Crippen LogP) is 5.35. The number of alkyl carbamates (subject to hydrolysis) is 1. The molecule has 0 saturated carbocycles. The Labute approximate surface area is 297 Å². The Hall–Kier alpha value is -4.85. The molecule has 4 N–H and O–H groups in total. The van der Waals surface area contributed by atoms with Crippen molar-refractivity contribution in [2.24, 2.45) is 5.73 Å². The van der Waals surface area contributed by atoms with E-state index in [1.54, 1.807) is 65.8 Å². The van der Waals surface area contributed by atoms with Gasteiger partial charge in [0.05, 0.1) is 0 Å². The first kappa shape index (κ1) is 41.3. The highest BCUT2D eigenvalue weighted by Crippen LogP contribution is 2.28. The Morgan fingerprint density at radius 3 is 2.04 bits per heavy atom. The molecule has 0 aliphatic carbocycles. The molecule has 0 aromatic heterocycles. The summed E-state index contributed by atoms with van der Waals surface area (Å²) in [5.74, 6) is -0.0161. The number of ether oxygens (including phenoxy) is 2. The zero-order valence-corrected chi connectivity index (χ0v) is 30.5. The van der Waals surface area contributed by atoms with Crippen LogP contribution < -0.4 is 16.4 Å². The third-order valence-electron chi connectivity index (χ3n) is 7.47. The number of terminal acetylenes is 1. The van der Waals surface area contributed by atoms with Gasteiger partial charge in [-0.1, -0.05) is 80.6 Å². The van der Waals surface area contributed by atoms with Crippen LogP contribution in [0.2, 0.25) is 0 Å². The molecule has 0 aliphatic rings. The number of amides is 4. The van der Waals surface area contributed by atoms with Crippen molar-refractivity contribution in [2.45, 2.75) is 123 Å². The van der Waals surface area contributed by atoms with Gasteiger partial charge in [0.15, 0.2) is 0 Å². The molecule has 0 bridgehead atoms. The molecule has 2 aromatic rings. The van der Waals surface area contributed by atoms with Gasteiger partial charge >= 0.3 is 12.1 Å². The molecule has 0 spiro atoms. The van der Waals surface area contributed by atoms with Crippen LogP contribution in [0.1, 0.15) is 110 Å². The van der Waals surface area contributed by atoms with Crippen molar-refractivity contribution < 1.29 is 33.4 Å². The summed E-state index contributed by atoms with van der Waals surface area (Å²) in [6.45, 7) is 12.4. The Balaban J connectivity index is 2.71. The standard InChI is InChI=1S/C39H54N4O7/c1-9-11-12-18-25-43(35(46)30(23-24-32(40)44)42-37(48)50-39(6,7)8)33(29-22-17-16-21-28(29)10-2)34(45)41-31(36(47)49-38(3,4)5)26-27-19-14-13-15-20-27/h2,13-17,19-22,30-31,33H,9,11-12,18,23-26H2,1,3-8H3,(H2,40,44)(H,41,45)(H,42,48). The van der Waals surface area contributed by atoms with Gasteiger partial charge in [-0.15, -0.1) is 6.42 Å². The highest BCUT2D eigenvalue weighted by Gasteiger charge is 2.39. The molecule has 0 fully saturated rings. The van der Waals surface area contributed by atoms with Crippen LogP contribution in [0.25, 0.3) is 0 Å². The summed E-state index contributed by atoms with van der Waals surface area (Å²) in [7, 11) is 0. The lowest BCUT2D eigenvalue weighted by Gasteiger charge is -2.36. The summed E-state index contributed by atoms with van der Waals surface area (Å²) in [6.07, 6.45) is 7.89. The van der Waals surface area contributed by atoms with Gasteiger partial charge in [-0.2, -0.15) is 0 Å². The number of unbranched alkanes of at least 4 members (excludes halogenated alkanes) is 3. The van der Waals surface area contributed by atoms with Crippen LogP contribution in [0.3, 0.4) is 0 Å². The number of primary amides is 1. The van der Waals surface area contributed by atoms with Crippen LogP contribution >= 0.6 is 0 Å². The molecule has 2 rings (SSSR count). The number of hydrogen-bond acceptors (Lipinski definition) is 7. The van der Waals surface area contributed by atoms with Gasteiger partial charge in [-0.05, 0) is 71.6 Å². The van der Waals surface area contributed by atoms with E-state index in [0.29, 0.717) is 17.5 Å². The van der Waals surface area contributed by atoms with Crippen LogP contribution in [0.5, 0.6) is 0 Å². The number of carbonyl (C=O) groups excluding carboxylic acids is 5. The first-order chi connectivity index (χ1) is 23.5. The second-order valence-corrected chi connectivity index (χ2v) is 14.2. The van der Waals surface area contributed by atoms with E-state index in [2.05, 4.69) is 23.5 Å². The molecule has 3 unspecified atom stereocenters. The molecule has 0 saturated heterocycles. The molecule has 4 amide bonds. The Bertz CT molecular complexity index is 1490. The number of benzene rings is 2. The lowest BCUT2D eigenvalue weighted by atomic mass is 9.96. The second kappa shape index (κ2) is 19.4. The van der Waals surface area contributed by atoms with Crippen molar-refractivity contribution in [1.82, 2.24) is 15.5 Å². The minimum absolute atomic E-state index is 0.106. The zero-order valence-electron chi connectivity index (χ0n) is 30.5. The topological polar surface area (TPSA) is 157 Å². The summed E-state index contributed by atoms with van der Waals surface area (Å²) in [4.78, 5) is 69.0. The normalized spacial score (nSPS) is 13.2. The Kier molecular flexibility index (Phi) is 16.0. The first-order valence-electron chi connectivity index (χ1n) is 17.2. The number of esters is 1. The number of carbonyl (C=O) groups is 5. The van der Waals surface area contributed by atoms with E-state index >= 15 is 0 Å². The maximum absolute atomic E-state index is 14.6. The van der Waals surface area contributed by atoms with E-state index in [1.807, 2.05) is 30.3 Å². The van der Waals surface area contributed by atoms with Gasteiger partial charge < -0.3 is 30.7 Å². The van der Waals surface area contributed by atoms with E-state index < -0.39 is 59.1 Å². The second-order valence-electron chi connectivity index (χ2n) is 14.2. The quantitative estimate of drug-likeness (QED) is 0.115. The largest absolute Gasteiger partial charge is 0.458 e. The number of rotatable bonds is 17. The van der Waals surface area contributed by atoms with E-state index in [0.717, 1.165) is 24.8 Å². The molecule has 0 heterocycles. The van der Waals surface area contributed by atoms with Gasteiger partial charge in [0.25, 0.3) is 0 Å².